The van der Waals surface area contributed by atoms with Crippen molar-refractivity contribution in [1.82, 2.24) is 0 Å². The summed E-state index contributed by atoms with van der Waals surface area (Å²) in [5, 5.41) is 0. The van der Waals surface area contributed by atoms with Crippen molar-refractivity contribution in [1.29, 1.82) is 0 Å². The summed E-state index contributed by atoms with van der Waals surface area (Å²) in [5.74, 6) is 0.484. The van der Waals surface area contributed by atoms with Crippen LogP contribution in [0.2, 0.25) is 0 Å². The highest BCUT2D eigenvalue weighted by Gasteiger charge is 2.11. The Balaban J connectivity index is 2.29. The number of hydrogen-bond donors (Lipinski definition) is 0. The molecule has 0 unspecified atom stereocenters. The van der Waals surface area contributed by atoms with E-state index in [0.29, 0.717) is 12.2 Å². The molecule has 0 atom stereocenters. The number of hydrogen-bond acceptors (Lipinski definition) is 2. The fourth-order valence-electron chi connectivity index (χ4n) is 1.73. The van der Waals surface area contributed by atoms with E-state index in [4.69, 9.17) is 4.74 Å². The average Bonchev–Trinajstić information content (AvgIpc) is 2.36. The number of benzene rings is 1. The van der Waals surface area contributed by atoms with E-state index < -0.39 is 0 Å². The molecule has 2 nitrogen and oxygen atoms in total. The smallest absolute Gasteiger partial charge is 0.339 e. The zero-order valence-corrected chi connectivity index (χ0v) is 14.6. The van der Waals surface area contributed by atoms with Crippen molar-refractivity contribution in [3.63, 3.8) is 0 Å². The summed E-state index contributed by atoms with van der Waals surface area (Å²) in [5.41, 5.74) is 0.566. The van der Waals surface area contributed by atoms with Gasteiger partial charge in [0.1, 0.15) is 0 Å². The van der Waals surface area contributed by atoms with Crippen LogP contribution >= 0.6 is 31.9 Å². The summed E-state index contributed by atoms with van der Waals surface area (Å²) in [6, 6.07) is 5.49. The Morgan fingerprint density at radius 2 is 1.95 bits per heavy atom. The molecule has 0 fully saturated rings. The van der Waals surface area contributed by atoms with Crippen molar-refractivity contribution in [2.75, 3.05) is 6.61 Å². The van der Waals surface area contributed by atoms with Gasteiger partial charge in [0.05, 0.1) is 12.2 Å². The summed E-state index contributed by atoms with van der Waals surface area (Å²) in [6.07, 6.45) is 4.50. The van der Waals surface area contributed by atoms with Gasteiger partial charge in [-0.05, 0) is 46.5 Å². The predicted molar refractivity (Wildman–Crippen MR) is 85.4 cm³/mol. The molecule has 1 aromatic rings. The monoisotopic (exact) mass is 390 g/mol. The lowest BCUT2D eigenvalue weighted by atomic mass is 10.1. The summed E-state index contributed by atoms with van der Waals surface area (Å²) in [7, 11) is 0. The molecule has 19 heavy (non-hydrogen) atoms. The predicted octanol–water partition coefficient (Wildman–Crippen LogP) is 5.58. The van der Waals surface area contributed by atoms with Gasteiger partial charge in [0.2, 0.25) is 0 Å². The van der Waals surface area contributed by atoms with Gasteiger partial charge in [-0.25, -0.2) is 4.79 Å². The molecule has 0 saturated heterocycles. The van der Waals surface area contributed by atoms with Crippen LogP contribution in [0.15, 0.2) is 27.1 Å². The van der Waals surface area contributed by atoms with Gasteiger partial charge in [-0.15, -0.1) is 0 Å². The molecule has 1 rings (SSSR count). The highest BCUT2D eigenvalue weighted by Crippen LogP contribution is 2.22. The topological polar surface area (TPSA) is 26.3 Å². The van der Waals surface area contributed by atoms with Gasteiger partial charge in [0.15, 0.2) is 0 Å². The van der Waals surface area contributed by atoms with Gasteiger partial charge >= 0.3 is 5.97 Å². The molecular weight excluding hydrogens is 372 g/mol. The van der Waals surface area contributed by atoms with Crippen LogP contribution in [-0.2, 0) is 4.74 Å². The molecule has 0 amide bonds. The van der Waals surface area contributed by atoms with Crippen LogP contribution in [0.5, 0.6) is 0 Å². The fourth-order valence-corrected chi connectivity index (χ4v) is 2.50. The standard InChI is InChI=1S/C15H20Br2O2/c1-11(2)6-4-3-5-9-19-15(18)13-10-12(16)7-8-14(13)17/h7-8,10-11H,3-6,9H2,1-2H3. The number of halogens is 2. The first-order valence-electron chi connectivity index (χ1n) is 6.63. The van der Waals surface area contributed by atoms with E-state index in [0.717, 1.165) is 27.7 Å². The third-order valence-corrected chi connectivity index (χ3v) is 3.99. The molecule has 0 aromatic heterocycles. The molecule has 0 spiro atoms. The van der Waals surface area contributed by atoms with Crippen LogP contribution in [0.1, 0.15) is 49.9 Å². The first-order valence-corrected chi connectivity index (χ1v) is 8.21. The Morgan fingerprint density at radius 3 is 2.63 bits per heavy atom. The maximum Gasteiger partial charge on any atom is 0.339 e. The second kappa shape index (κ2) is 8.75. The van der Waals surface area contributed by atoms with Gasteiger partial charge in [-0.1, -0.05) is 49.0 Å². The maximum atomic E-state index is 11.9. The Hall–Kier alpha value is -0.350. The van der Waals surface area contributed by atoms with Crippen molar-refractivity contribution >= 4 is 37.8 Å². The lowest BCUT2D eigenvalue weighted by molar-refractivity contribution is 0.0496. The quantitative estimate of drug-likeness (QED) is 0.447. The second-order valence-corrected chi connectivity index (χ2v) is 6.77. The second-order valence-electron chi connectivity index (χ2n) is 5.00. The minimum absolute atomic E-state index is 0.267. The normalized spacial score (nSPS) is 10.8. The summed E-state index contributed by atoms with van der Waals surface area (Å²) in [4.78, 5) is 11.9. The van der Waals surface area contributed by atoms with Crippen LogP contribution in [0.25, 0.3) is 0 Å². The minimum atomic E-state index is -0.267. The van der Waals surface area contributed by atoms with Crippen LogP contribution in [0, 0.1) is 5.92 Å². The third-order valence-electron chi connectivity index (χ3n) is 2.81. The number of carbonyl (C=O) groups excluding carboxylic acids is 1. The molecule has 0 N–H and O–H groups in total. The Kier molecular flexibility index (Phi) is 7.69. The van der Waals surface area contributed by atoms with Crippen molar-refractivity contribution in [2.45, 2.75) is 39.5 Å². The van der Waals surface area contributed by atoms with Crippen LogP contribution in [0.3, 0.4) is 0 Å². The van der Waals surface area contributed by atoms with E-state index in [2.05, 4.69) is 45.7 Å². The number of unbranched alkanes of at least 4 members (excludes halogenated alkanes) is 2. The number of carbonyl (C=O) groups is 1. The van der Waals surface area contributed by atoms with E-state index in [1.54, 1.807) is 6.07 Å². The van der Waals surface area contributed by atoms with E-state index in [-0.39, 0.29) is 5.97 Å². The molecule has 0 aliphatic heterocycles. The molecule has 0 heterocycles. The fraction of sp³-hybridized carbons (Fsp3) is 0.533. The first kappa shape index (κ1) is 16.7. The van der Waals surface area contributed by atoms with Gasteiger partial charge in [0, 0.05) is 8.95 Å². The summed E-state index contributed by atoms with van der Waals surface area (Å²) < 4.78 is 6.92. The zero-order chi connectivity index (χ0) is 14.3. The Labute approximate surface area is 132 Å². The van der Waals surface area contributed by atoms with Crippen molar-refractivity contribution in [3.05, 3.63) is 32.7 Å². The molecule has 0 aliphatic carbocycles. The molecule has 1 aromatic carbocycles. The molecule has 0 bridgehead atoms. The molecule has 106 valence electrons. The van der Waals surface area contributed by atoms with E-state index in [9.17, 15) is 4.79 Å². The Morgan fingerprint density at radius 1 is 1.21 bits per heavy atom. The van der Waals surface area contributed by atoms with Crippen LogP contribution < -0.4 is 0 Å². The highest BCUT2D eigenvalue weighted by atomic mass is 79.9. The van der Waals surface area contributed by atoms with Gasteiger partial charge in [-0.3, -0.25) is 0 Å². The SMILES string of the molecule is CC(C)CCCCCOC(=O)c1cc(Br)ccc1Br. The van der Waals surface area contributed by atoms with Crippen molar-refractivity contribution < 1.29 is 9.53 Å². The van der Waals surface area contributed by atoms with Crippen LogP contribution in [0.4, 0.5) is 0 Å². The number of ether oxygens (including phenoxy) is 1. The summed E-state index contributed by atoms with van der Waals surface area (Å²) >= 11 is 6.71. The average molecular weight is 392 g/mol. The maximum absolute atomic E-state index is 11.9. The largest absolute Gasteiger partial charge is 0.462 e. The third kappa shape index (κ3) is 6.57. The highest BCUT2D eigenvalue weighted by molar-refractivity contribution is 9.11. The molecule has 0 radical (unpaired) electrons. The number of rotatable bonds is 7. The Bertz CT molecular complexity index is 417. The minimum Gasteiger partial charge on any atom is -0.462 e. The van der Waals surface area contributed by atoms with E-state index in [1.807, 2.05) is 12.1 Å². The number of esters is 1. The molecular formula is C15H20Br2O2. The molecule has 0 aliphatic rings. The lowest BCUT2D eigenvalue weighted by Gasteiger charge is -2.07. The van der Waals surface area contributed by atoms with Crippen molar-refractivity contribution in [2.24, 2.45) is 5.92 Å². The van der Waals surface area contributed by atoms with Crippen LogP contribution in [-0.4, -0.2) is 12.6 Å². The first-order chi connectivity index (χ1) is 9.00. The molecule has 0 saturated carbocycles. The zero-order valence-electron chi connectivity index (χ0n) is 11.4. The van der Waals surface area contributed by atoms with E-state index in [1.165, 1.54) is 12.8 Å². The van der Waals surface area contributed by atoms with Crippen molar-refractivity contribution in [3.8, 4) is 0 Å². The van der Waals surface area contributed by atoms with Gasteiger partial charge in [0.25, 0.3) is 0 Å². The summed E-state index contributed by atoms with van der Waals surface area (Å²) in [6.45, 7) is 4.95. The molecule has 4 heteroatoms. The van der Waals surface area contributed by atoms with Gasteiger partial charge in [-0.2, -0.15) is 0 Å². The lowest BCUT2D eigenvalue weighted by Crippen LogP contribution is -2.07. The van der Waals surface area contributed by atoms with Gasteiger partial charge < -0.3 is 4.74 Å². The van der Waals surface area contributed by atoms with E-state index >= 15 is 0 Å².